The number of methoxy groups -OCH3 is 1. The van der Waals surface area contributed by atoms with Crippen molar-refractivity contribution in [1.29, 1.82) is 0 Å². The van der Waals surface area contributed by atoms with Crippen molar-refractivity contribution in [2.45, 2.75) is 6.42 Å². The second-order valence-electron chi connectivity index (χ2n) is 4.84. The first-order valence-corrected chi connectivity index (χ1v) is 7.49. The zero-order chi connectivity index (χ0) is 16.1. The Labute approximate surface area is 138 Å². The van der Waals surface area contributed by atoms with Crippen LogP contribution >= 0.6 is 15.9 Å². The maximum absolute atomic E-state index is 5.90. The molecule has 1 aromatic heterocycles. The lowest BCUT2D eigenvalue weighted by Crippen LogP contribution is -2.02. The number of anilines is 2. The molecule has 5 heteroatoms. The number of rotatable bonds is 5. The zero-order valence-corrected chi connectivity index (χ0v) is 13.9. The van der Waals surface area contributed by atoms with Gasteiger partial charge in [-0.1, -0.05) is 34.6 Å². The van der Waals surface area contributed by atoms with Crippen LogP contribution in [0.2, 0.25) is 0 Å². The van der Waals surface area contributed by atoms with E-state index < -0.39 is 0 Å². The number of benzene rings is 1. The van der Waals surface area contributed by atoms with Gasteiger partial charge in [0.1, 0.15) is 17.4 Å². The zero-order valence-electron chi connectivity index (χ0n) is 12.3. The molecule has 0 fully saturated rings. The van der Waals surface area contributed by atoms with Crippen molar-refractivity contribution in [3.8, 4) is 0 Å². The Morgan fingerprint density at radius 2 is 1.91 bits per heavy atom. The van der Waals surface area contributed by atoms with Crippen molar-refractivity contribution in [2.24, 2.45) is 0 Å². The summed E-state index contributed by atoms with van der Waals surface area (Å²) in [6, 6.07) is 11.6. The van der Waals surface area contributed by atoms with Gasteiger partial charge in [-0.2, -0.15) is 0 Å². The van der Waals surface area contributed by atoms with Crippen molar-refractivity contribution in [1.82, 2.24) is 4.98 Å². The molecule has 0 spiro atoms. The van der Waals surface area contributed by atoms with E-state index in [9.17, 15) is 0 Å². The number of allylic oxidation sites excluding steroid dienone is 2. The number of ether oxygens (including phenoxy) is 1. The van der Waals surface area contributed by atoms with Gasteiger partial charge < -0.3 is 16.2 Å². The fraction of sp³-hybridized carbons (Fsp3) is 0.118. The largest absolute Gasteiger partial charge is 0.496 e. The van der Waals surface area contributed by atoms with Crippen molar-refractivity contribution < 1.29 is 4.74 Å². The molecule has 0 saturated carbocycles. The normalized spacial score (nSPS) is 11.3. The van der Waals surface area contributed by atoms with Crippen molar-refractivity contribution in [2.75, 3.05) is 18.6 Å². The minimum Gasteiger partial charge on any atom is -0.496 e. The van der Waals surface area contributed by atoms with E-state index in [1.165, 1.54) is 5.56 Å². The average Bonchev–Trinajstić information content (AvgIpc) is 2.48. The predicted molar refractivity (Wildman–Crippen MR) is 95.0 cm³/mol. The molecule has 0 saturated heterocycles. The highest BCUT2D eigenvalue weighted by atomic mass is 79.9. The number of halogens is 1. The number of aromatic nitrogens is 1. The molecule has 4 nitrogen and oxygen atoms in total. The van der Waals surface area contributed by atoms with Crippen LogP contribution in [0.4, 0.5) is 11.6 Å². The van der Waals surface area contributed by atoms with E-state index in [2.05, 4.69) is 39.6 Å². The Morgan fingerprint density at radius 1 is 1.23 bits per heavy atom. The van der Waals surface area contributed by atoms with Crippen LogP contribution in [-0.4, -0.2) is 12.1 Å². The van der Waals surface area contributed by atoms with Crippen molar-refractivity contribution in [3.63, 3.8) is 0 Å². The fourth-order valence-electron chi connectivity index (χ4n) is 2.05. The van der Waals surface area contributed by atoms with Gasteiger partial charge in [-0.05, 0) is 47.9 Å². The van der Waals surface area contributed by atoms with Gasteiger partial charge in [-0.25, -0.2) is 4.98 Å². The second-order valence-corrected chi connectivity index (χ2v) is 5.76. The summed E-state index contributed by atoms with van der Waals surface area (Å²) in [5, 5.41) is 0. The maximum atomic E-state index is 5.90. The average molecular weight is 360 g/mol. The molecule has 0 radical (unpaired) electrons. The molecule has 2 rings (SSSR count). The van der Waals surface area contributed by atoms with Gasteiger partial charge in [-0.15, -0.1) is 0 Å². The lowest BCUT2D eigenvalue weighted by molar-refractivity contribution is 0.370. The molecule has 0 amide bonds. The minimum atomic E-state index is 0.338. The van der Waals surface area contributed by atoms with Crippen LogP contribution in [0.1, 0.15) is 11.1 Å². The third-order valence-corrected chi connectivity index (χ3v) is 3.64. The first-order valence-electron chi connectivity index (χ1n) is 6.70. The van der Waals surface area contributed by atoms with E-state index in [-0.39, 0.29) is 0 Å². The summed E-state index contributed by atoms with van der Waals surface area (Å²) in [6.45, 7) is 4.08. The van der Waals surface area contributed by atoms with Crippen LogP contribution in [0.5, 0.6) is 0 Å². The van der Waals surface area contributed by atoms with Gasteiger partial charge in [0.05, 0.1) is 12.7 Å². The van der Waals surface area contributed by atoms with E-state index in [0.29, 0.717) is 23.0 Å². The summed E-state index contributed by atoms with van der Waals surface area (Å²) < 4.78 is 6.47. The molecular weight excluding hydrogens is 342 g/mol. The fourth-order valence-corrected chi connectivity index (χ4v) is 2.31. The number of hydrogen-bond donors (Lipinski definition) is 2. The van der Waals surface area contributed by atoms with Crippen LogP contribution in [0.25, 0.3) is 5.76 Å². The molecule has 0 atom stereocenters. The second kappa shape index (κ2) is 7.13. The summed E-state index contributed by atoms with van der Waals surface area (Å²) >= 11 is 3.42. The van der Waals surface area contributed by atoms with E-state index in [4.69, 9.17) is 16.2 Å². The molecule has 0 bridgehead atoms. The number of nitrogen functional groups attached to an aromatic ring is 2. The summed E-state index contributed by atoms with van der Waals surface area (Å²) in [5.74, 6) is 1.34. The molecule has 2 aromatic rings. The molecule has 0 aliphatic rings. The summed E-state index contributed by atoms with van der Waals surface area (Å²) in [7, 11) is 1.59. The maximum Gasteiger partial charge on any atom is 0.136 e. The highest BCUT2D eigenvalue weighted by Crippen LogP contribution is 2.24. The molecule has 4 N–H and O–H groups in total. The molecule has 1 aromatic carbocycles. The first kappa shape index (κ1) is 16.1. The Bertz CT molecular complexity index is 708. The van der Waals surface area contributed by atoms with Crippen LogP contribution in [0.15, 0.2) is 59.1 Å². The van der Waals surface area contributed by atoms with Gasteiger partial charge in [-0.3, -0.25) is 0 Å². The van der Waals surface area contributed by atoms with Gasteiger partial charge in [0.25, 0.3) is 0 Å². The molecule has 1 heterocycles. The predicted octanol–water partition coefficient (Wildman–Crippen LogP) is 3.79. The molecule has 22 heavy (non-hydrogen) atoms. The highest BCUT2D eigenvalue weighted by Gasteiger charge is 2.08. The van der Waals surface area contributed by atoms with E-state index in [0.717, 1.165) is 16.5 Å². The summed E-state index contributed by atoms with van der Waals surface area (Å²) in [4.78, 5) is 4.04. The number of pyridine rings is 1. The Balaban J connectivity index is 2.20. The van der Waals surface area contributed by atoms with E-state index in [1.807, 2.05) is 18.2 Å². The Hall–Kier alpha value is -2.27. The third kappa shape index (κ3) is 4.11. The van der Waals surface area contributed by atoms with Gasteiger partial charge in [0.15, 0.2) is 0 Å². The Kier molecular flexibility index (Phi) is 5.22. The van der Waals surface area contributed by atoms with Gasteiger partial charge in [0, 0.05) is 4.47 Å². The molecule has 114 valence electrons. The molecule has 0 aliphatic heterocycles. The number of hydrogen-bond acceptors (Lipinski definition) is 4. The van der Waals surface area contributed by atoms with Gasteiger partial charge in [0.2, 0.25) is 0 Å². The lowest BCUT2D eigenvalue weighted by atomic mass is 10.0. The van der Waals surface area contributed by atoms with Crippen molar-refractivity contribution >= 4 is 33.3 Å². The van der Waals surface area contributed by atoms with Crippen LogP contribution in [0, 0.1) is 0 Å². The smallest absolute Gasteiger partial charge is 0.136 e. The van der Waals surface area contributed by atoms with Crippen molar-refractivity contribution in [3.05, 3.63) is 70.2 Å². The monoisotopic (exact) mass is 359 g/mol. The lowest BCUT2D eigenvalue weighted by Gasteiger charge is -2.10. The van der Waals surface area contributed by atoms with Gasteiger partial charge >= 0.3 is 0 Å². The topological polar surface area (TPSA) is 74.2 Å². The third-order valence-electron chi connectivity index (χ3n) is 3.11. The van der Waals surface area contributed by atoms with E-state index >= 15 is 0 Å². The molecular formula is C17H18BrN3O. The van der Waals surface area contributed by atoms with Crippen LogP contribution in [0.3, 0.4) is 0 Å². The summed E-state index contributed by atoms with van der Waals surface area (Å²) in [6.07, 6.45) is 2.59. The van der Waals surface area contributed by atoms with Crippen LogP contribution < -0.4 is 11.5 Å². The molecule has 0 unspecified atom stereocenters. The summed E-state index contributed by atoms with van der Waals surface area (Å²) in [5.41, 5.74) is 14.3. The highest BCUT2D eigenvalue weighted by molar-refractivity contribution is 9.10. The number of nitrogens with zero attached hydrogens (tertiary/aromatic N) is 1. The van der Waals surface area contributed by atoms with E-state index in [1.54, 1.807) is 19.2 Å². The Morgan fingerprint density at radius 3 is 2.50 bits per heavy atom. The SMILES string of the molecule is C=C(/C=C(\OC)c1ccc(N)nc1N)Cc1ccc(Br)cc1. The number of nitrogens with two attached hydrogens (primary N) is 2. The minimum absolute atomic E-state index is 0.338. The van der Waals surface area contributed by atoms with Crippen LogP contribution in [-0.2, 0) is 11.2 Å². The standard InChI is InChI=1S/C17H18BrN3O/c1-11(9-12-3-5-13(18)6-4-12)10-15(22-2)14-7-8-16(19)21-17(14)20/h3-8,10H,1,9H2,2H3,(H4,19,20,21)/b15-10-. The molecule has 0 aliphatic carbocycles. The quantitative estimate of drug-likeness (QED) is 0.628. The first-order chi connectivity index (χ1) is 10.5.